The second-order valence-corrected chi connectivity index (χ2v) is 6.48. The third-order valence-electron chi connectivity index (χ3n) is 4.60. The van der Waals surface area contributed by atoms with Gasteiger partial charge in [-0.3, -0.25) is 4.79 Å². The quantitative estimate of drug-likeness (QED) is 0.746. The number of hydrogen-bond acceptors (Lipinski definition) is 7. The molecule has 8 heteroatoms. The first-order valence-corrected chi connectivity index (χ1v) is 8.29. The van der Waals surface area contributed by atoms with Gasteiger partial charge in [0.05, 0.1) is 32.8 Å². The molecule has 1 amide bonds. The average molecular weight is 335 g/mol. The number of carbonyl (C=O) groups is 1. The molecule has 0 aliphatic carbocycles. The van der Waals surface area contributed by atoms with Gasteiger partial charge in [0.2, 0.25) is 11.9 Å². The zero-order valence-electron chi connectivity index (χ0n) is 14.3. The Hall–Kier alpha value is -1.77. The lowest BCUT2D eigenvalue weighted by Gasteiger charge is -2.41. The number of morpholine rings is 1. The van der Waals surface area contributed by atoms with E-state index in [1.807, 2.05) is 18.7 Å². The van der Waals surface area contributed by atoms with Crippen molar-refractivity contribution in [1.82, 2.24) is 20.2 Å². The number of nitrogens with one attached hydrogen (secondary N) is 1. The van der Waals surface area contributed by atoms with Crippen molar-refractivity contribution in [3.63, 3.8) is 0 Å². The summed E-state index contributed by atoms with van der Waals surface area (Å²) in [5.41, 5.74) is 7.57. The molecule has 2 fully saturated rings. The largest absolute Gasteiger partial charge is 0.377 e. The normalized spacial score (nSPS) is 24.8. The number of aromatic nitrogens is 2. The van der Waals surface area contributed by atoms with Gasteiger partial charge in [0.25, 0.3) is 0 Å². The molecule has 0 radical (unpaired) electrons. The van der Waals surface area contributed by atoms with E-state index in [-0.39, 0.29) is 18.3 Å². The maximum atomic E-state index is 12.8. The topological polar surface area (TPSA) is 103 Å². The predicted molar refractivity (Wildman–Crippen MR) is 88.6 cm³/mol. The Balaban J connectivity index is 1.71. The third-order valence-corrected chi connectivity index (χ3v) is 4.60. The summed E-state index contributed by atoms with van der Waals surface area (Å²) in [5.74, 6) is 0.301. The highest BCUT2D eigenvalue weighted by Crippen LogP contribution is 2.21. The number of ether oxygens (including phenoxy) is 2. The van der Waals surface area contributed by atoms with E-state index in [1.54, 1.807) is 0 Å². The lowest BCUT2D eigenvalue weighted by molar-refractivity contribution is -0.157. The summed E-state index contributed by atoms with van der Waals surface area (Å²) in [6.07, 6.45) is 0.280. The minimum absolute atomic E-state index is 0.0569. The second kappa shape index (κ2) is 7.00. The van der Waals surface area contributed by atoms with Crippen molar-refractivity contribution in [3.05, 3.63) is 17.0 Å². The fourth-order valence-electron chi connectivity index (χ4n) is 3.31. The van der Waals surface area contributed by atoms with Crippen molar-refractivity contribution in [2.75, 3.05) is 51.7 Å². The molecule has 1 spiro atoms. The highest BCUT2D eigenvalue weighted by atomic mass is 16.5. The number of nitrogens with two attached hydrogens (primary N) is 1. The number of hydrogen-bond donors (Lipinski definition) is 2. The molecule has 0 saturated carbocycles. The highest BCUT2D eigenvalue weighted by molar-refractivity contribution is 5.79. The first-order valence-electron chi connectivity index (χ1n) is 8.29. The van der Waals surface area contributed by atoms with Gasteiger partial charge in [-0.05, 0) is 13.8 Å². The maximum absolute atomic E-state index is 12.8. The van der Waals surface area contributed by atoms with Crippen LogP contribution in [-0.4, -0.2) is 72.4 Å². The molecule has 2 aliphatic rings. The van der Waals surface area contributed by atoms with Gasteiger partial charge in [-0.15, -0.1) is 0 Å². The lowest BCUT2D eigenvalue weighted by Crippen LogP contribution is -2.59. The summed E-state index contributed by atoms with van der Waals surface area (Å²) < 4.78 is 11.6. The van der Waals surface area contributed by atoms with Crippen LogP contribution in [0.2, 0.25) is 0 Å². The van der Waals surface area contributed by atoms with Crippen LogP contribution in [0.4, 0.5) is 5.95 Å². The monoisotopic (exact) mass is 335 g/mol. The molecule has 1 aromatic rings. The summed E-state index contributed by atoms with van der Waals surface area (Å²) in [5, 5.41) is 3.32. The van der Waals surface area contributed by atoms with Gasteiger partial charge < -0.3 is 25.4 Å². The van der Waals surface area contributed by atoms with Crippen LogP contribution in [0.1, 0.15) is 17.0 Å². The predicted octanol–water partition coefficient (Wildman–Crippen LogP) is -0.564. The molecule has 3 N–H and O–H groups in total. The van der Waals surface area contributed by atoms with E-state index < -0.39 is 5.60 Å². The van der Waals surface area contributed by atoms with E-state index in [4.69, 9.17) is 15.2 Å². The Kier molecular flexibility index (Phi) is 4.98. The maximum Gasteiger partial charge on any atom is 0.227 e. The highest BCUT2D eigenvalue weighted by Gasteiger charge is 2.39. The lowest BCUT2D eigenvalue weighted by atomic mass is 10.0. The van der Waals surface area contributed by atoms with Crippen LogP contribution < -0.4 is 11.1 Å². The number of anilines is 1. The van der Waals surface area contributed by atoms with Crippen LogP contribution in [0.3, 0.4) is 0 Å². The van der Waals surface area contributed by atoms with Gasteiger partial charge in [-0.25, -0.2) is 9.97 Å². The molecule has 2 aliphatic heterocycles. The molecule has 1 unspecified atom stereocenters. The fraction of sp³-hybridized carbons (Fsp3) is 0.688. The van der Waals surface area contributed by atoms with E-state index in [1.165, 1.54) is 0 Å². The molecule has 3 rings (SSSR count). The van der Waals surface area contributed by atoms with Crippen molar-refractivity contribution in [3.8, 4) is 0 Å². The van der Waals surface area contributed by atoms with Gasteiger partial charge in [0.1, 0.15) is 5.60 Å². The van der Waals surface area contributed by atoms with Gasteiger partial charge in [-0.1, -0.05) is 0 Å². The number of aryl methyl sites for hydroxylation is 2. The third kappa shape index (κ3) is 3.66. The molecule has 0 bridgehead atoms. The smallest absolute Gasteiger partial charge is 0.227 e. The summed E-state index contributed by atoms with van der Waals surface area (Å²) in [6, 6.07) is 0. The molecule has 2 saturated heterocycles. The average Bonchev–Trinajstić information content (AvgIpc) is 2.76. The van der Waals surface area contributed by atoms with Gasteiger partial charge in [-0.2, -0.15) is 0 Å². The summed E-state index contributed by atoms with van der Waals surface area (Å²) >= 11 is 0. The number of amides is 1. The van der Waals surface area contributed by atoms with Crippen molar-refractivity contribution >= 4 is 11.9 Å². The van der Waals surface area contributed by atoms with E-state index in [0.717, 1.165) is 23.5 Å². The van der Waals surface area contributed by atoms with Gasteiger partial charge in [0.15, 0.2) is 0 Å². The van der Waals surface area contributed by atoms with Gasteiger partial charge in [0, 0.05) is 36.6 Å². The number of carbonyl (C=O) groups excluding carboxylic acids is 1. The SMILES string of the molecule is Cc1nc(N)nc(C)c1CC(=O)N1CCOC2(CNCCOC2)C1. The molecular weight excluding hydrogens is 310 g/mol. The van der Waals surface area contributed by atoms with Crippen molar-refractivity contribution in [2.45, 2.75) is 25.9 Å². The zero-order valence-corrected chi connectivity index (χ0v) is 14.3. The Morgan fingerprint density at radius 2 is 2.08 bits per heavy atom. The molecule has 8 nitrogen and oxygen atoms in total. The Labute approximate surface area is 141 Å². The number of nitrogen functional groups attached to an aromatic ring is 1. The Bertz CT molecular complexity index is 591. The first kappa shape index (κ1) is 17.1. The molecule has 0 aromatic carbocycles. The Morgan fingerprint density at radius 1 is 1.33 bits per heavy atom. The summed E-state index contributed by atoms with van der Waals surface area (Å²) in [6.45, 7) is 8.04. The van der Waals surface area contributed by atoms with E-state index >= 15 is 0 Å². The van der Waals surface area contributed by atoms with Crippen LogP contribution in [-0.2, 0) is 20.7 Å². The van der Waals surface area contributed by atoms with E-state index in [2.05, 4.69) is 15.3 Å². The van der Waals surface area contributed by atoms with Crippen LogP contribution in [0, 0.1) is 13.8 Å². The van der Waals surface area contributed by atoms with Crippen LogP contribution >= 0.6 is 0 Å². The molecule has 1 aromatic heterocycles. The fourth-order valence-corrected chi connectivity index (χ4v) is 3.31. The van der Waals surface area contributed by atoms with Crippen molar-refractivity contribution in [2.24, 2.45) is 0 Å². The number of rotatable bonds is 2. The molecule has 1 atom stereocenters. The van der Waals surface area contributed by atoms with E-state index in [0.29, 0.717) is 39.5 Å². The summed E-state index contributed by atoms with van der Waals surface area (Å²) in [4.78, 5) is 23.0. The van der Waals surface area contributed by atoms with Crippen LogP contribution in [0.15, 0.2) is 0 Å². The first-order chi connectivity index (χ1) is 11.5. The molecule has 24 heavy (non-hydrogen) atoms. The number of nitrogens with zero attached hydrogens (tertiary/aromatic N) is 3. The Morgan fingerprint density at radius 3 is 2.83 bits per heavy atom. The molecule has 3 heterocycles. The summed E-state index contributed by atoms with van der Waals surface area (Å²) in [7, 11) is 0. The van der Waals surface area contributed by atoms with Gasteiger partial charge >= 0.3 is 0 Å². The molecule has 132 valence electrons. The minimum atomic E-state index is -0.452. The molecular formula is C16H25N5O3. The zero-order chi connectivity index (χ0) is 17.2. The standard InChI is InChI=1S/C16H25N5O3/c1-11-13(12(2)20-15(17)19-11)7-14(22)21-4-6-24-16(9-21)8-18-3-5-23-10-16/h18H,3-10H2,1-2H3,(H2,17,19,20). The van der Waals surface area contributed by atoms with Crippen molar-refractivity contribution < 1.29 is 14.3 Å². The van der Waals surface area contributed by atoms with Crippen LogP contribution in [0.25, 0.3) is 0 Å². The van der Waals surface area contributed by atoms with Crippen LogP contribution in [0.5, 0.6) is 0 Å². The second-order valence-electron chi connectivity index (χ2n) is 6.48. The minimum Gasteiger partial charge on any atom is -0.377 e. The van der Waals surface area contributed by atoms with E-state index in [9.17, 15) is 4.79 Å². The van der Waals surface area contributed by atoms with Crippen molar-refractivity contribution in [1.29, 1.82) is 0 Å².